The fourth-order valence-electron chi connectivity index (χ4n) is 3.36. The Balaban J connectivity index is 1.82. The molecule has 1 fully saturated rings. The molecule has 1 amide bonds. The molecule has 4 nitrogen and oxygen atoms in total. The maximum absolute atomic E-state index is 12.9. The molecule has 1 aromatic heterocycles. The average Bonchev–Trinajstić information content (AvgIpc) is 2.76. The zero-order valence-corrected chi connectivity index (χ0v) is 14.4. The topological polar surface area (TPSA) is 49.0 Å². The highest BCUT2D eigenvalue weighted by atomic mass is 35.5. The number of hydrogen-bond donors (Lipinski definition) is 1. The van der Waals surface area contributed by atoms with Gasteiger partial charge in [-0.3, -0.25) is 9.89 Å². The number of nitrogens with one attached hydrogen (secondary N) is 1. The summed E-state index contributed by atoms with van der Waals surface area (Å²) in [5.41, 5.74) is 3.61. The molecule has 1 atom stereocenters. The van der Waals surface area contributed by atoms with Crippen molar-refractivity contribution in [3.63, 3.8) is 0 Å². The fourth-order valence-corrected chi connectivity index (χ4v) is 3.48. The molecule has 1 N–H and O–H groups in total. The van der Waals surface area contributed by atoms with Gasteiger partial charge in [-0.1, -0.05) is 30.2 Å². The maximum atomic E-state index is 12.9. The van der Waals surface area contributed by atoms with Gasteiger partial charge >= 0.3 is 0 Å². The first-order valence-corrected chi connectivity index (χ1v) is 8.50. The fraction of sp³-hybridized carbons (Fsp3) is 0.444. The lowest BCUT2D eigenvalue weighted by molar-refractivity contribution is 0.0753. The van der Waals surface area contributed by atoms with Gasteiger partial charge in [0.05, 0.1) is 11.3 Å². The van der Waals surface area contributed by atoms with Crippen molar-refractivity contribution in [1.82, 2.24) is 15.1 Å². The number of rotatable bonds is 2. The van der Waals surface area contributed by atoms with Crippen LogP contribution in [0.2, 0.25) is 5.02 Å². The van der Waals surface area contributed by atoms with E-state index in [1.807, 2.05) is 30.9 Å². The Morgan fingerprint density at radius 1 is 1.26 bits per heavy atom. The van der Waals surface area contributed by atoms with Crippen molar-refractivity contribution in [3.8, 4) is 0 Å². The van der Waals surface area contributed by atoms with Crippen molar-refractivity contribution in [3.05, 3.63) is 51.8 Å². The zero-order valence-electron chi connectivity index (χ0n) is 13.6. The number of aromatic nitrogens is 2. The van der Waals surface area contributed by atoms with E-state index in [4.69, 9.17) is 11.6 Å². The summed E-state index contributed by atoms with van der Waals surface area (Å²) in [7, 11) is 0. The molecule has 1 unspecified atom stereocenters. The van der Waals surface area contributed by atoms with E-state index in [9.17, 15) is 4.79 Å². The predicted molar refractivity (Wildman–Crippen MR) is 92.0 cm³/mol. The Hall–Kier alpha value is -1.81. The van der Waals surface area contributed by atoms with Gasteiger partial charge in [-0.25, -0.2) is 0 Å². The van der Waals surface area contributed by atoms with Gasteiger partial charge in [0.25, 0.3) is 5.91 Å². The summed E-state index contributed by atoms with van der Waals surface area (Å²) in [5.74, 6) is 0.459. The number of carbonyl (C=O) groups excluding carboxylic acids is 1. The highest BCUT2D eigenvalue weighted by Crippen LogP contribution is 2.28. The maximum Gasteiger partial charge on any atom is 0.257 e. The molecule has 2 aromatic rings. The van der Waals surface area contributed by atoms with Gasteiger partial charge in [0.15, 0.2) is 0 Å². The van der Waals surface area contributed by atoms with Crippen LogP contribution >= 0.6 is 11.6 Å². The van der Waals surface area contributed by atoms with Crippen LogP contribution in [-0.2, 0) is 0 Å². The molecule has 1 aromatic carbocycles. The zero-order chi connectivity index (χ0) is 16.4. The van der Waals surface area contributed by atoms with E-state index in [-0.39, 0.29) is 5.91 Å². The van der Waals surface area contributed by atoms with Gasteiger partial charge in [-0.2, -0.15) is 5.10 Å². The average molecular weight is 332 g/mol. The molecule has 1 aliphatic heterocycles. The molecule has 0 aliphatic carbocycles. The summed E-state index contributed by atoms with van der Waals surface area (Å²) in [6, 6.07) is 8.02. The van der Waals surface area contributed by atoms with Gasteiger partial charge in [0.2, 0.25) is 0 Å². The van der Waals surface area contributed by atoms with Crippen molar-refractivity contribution in [1.29, 1.82) is 0 Å². The summed E-state index contributed by atoms with van der Waals surface area (Å²) >= 11 is 5.99. The third kappa shape index (κ3) is 3.42. The molecule has 1 saturated heterocycles. The number of carbonyl (C=O) groups is 1. The second-order valence-electron chi connectivity index (χ2n) is 6.30. The lowest BCUT2D eigenvalue weighted by atomic mass is 9.94. The van der Waals surface area contributed by atoms with Gasteiger partial charge in [0, 0.05) is 29.7 Å². The summed E-state index contributed by atoms with van der Waals surface area (Å²) < 4.78 is 0. The largest absolute Gasteiger partial charge is 0.338 e. The lowest BCUT2D eigenvalue weighted by Gasteiger charge is -2.25. The molecule has 5 heteroatoms. The Bertz CT molecular complexity index is 673. The first-order chi connectivity index (χ1) is 11.1. The number of nitrogens with zero attached hydrogens (tertiary/aromatic N) is 2. The highest BCUT2D eigenvalue weighted by Gasteiger charge is 2.26. The minimum absolute atomic E-state index is 0.0922. The second kappa shape index (κ2) is 6.75. The summed E-state index contributed by atoms with van der Waals surface area (Å²) in [6.07, 6.45) is 3.29. The van der Waals surface area contributed by atoms with Crippen LogP contribution in [0.25, 0.3) is 0 Å². The van der Waals surface area contributed by atoms with Crippen LogP contribution in [0, 0.1) is 13.8 Å². The minimum Gasteiger partial charge on any atom is -0.338 e. The Morgan fingerprint density at radius 2 is 2.00 bits per heavy atom. The van der Waals surface area contributed by atoms with Crippen LogP contribution < -0.4 is 0 Å². The van der Waals surface area contributed by atoms with Gasteiger partial charge in [-0.15, -0.1) is 0 Å². The summed E-state index contributed by atoms with van der Waals surface area (Å²) in [4.78, 5) is 14.9. The van der Waals surface area contributed by atoms with Gasteiger partial charge in [0.1, 0.15) is 0 Å². The van der Waals surface area contributed by atoms with E-state index in [2.05, 4.69) is 22.3 Å². The van der Waals surface area contributed by atoms with Crippen molar-refractivity contribution < 1.29 is 4.79 Å². The molecular weight excluding hydrogens is 310 g/mol. The normalized spacial score (nSPS) is 18.7. The van der Waals surface area contributed by atoms with E-state index >= 15 is 0 Å². The van der Waals surface area contributed by atoms with Crippen molar-refractivity contribution >= 4 is 17.5 Å². The van der Waals surface area contributed by atoms with Crippen LogP contribution in [-0.4, -0.2) is 34.1 Å². The molecule has 2 heterocycles. The molecule has 3 rings (SSSR count). The number of hydrogen-bond acceptors (Lipinski definition) is 2. The Labute approximate surface area is 141 Å². The number of halogens is 1. The molecule has 0 saturated carbocycles. The van der Waals surface area contributed by atoms with E-state index in [0.29, 0.717) is 5.92 Å². The Morgan fingerprint density at radius 3 is 2.65 bits per heavy atom. The smallest absolute Gasteiger partial charge is 0.257 e. The molecule has 0 radical (unpaired) electrons. The van der Waals surface area contributed by atoms with Crippen LogP contribution in [0.1, 0.15) is 52.5 Å². The molecule has 1 aliphatic rings. The van der Waals surface area contributed by atoms with E-state index in [1.54, 1.807) is 0 Å². The first kappa shape index (κ1) is 16.1. The van der Waals surface area contributed by atoms with Crippen molar-refractivity contribution in [2.24, 2.45) is 0 Å². The highest BCUT2D eigenvalue weighted by molar-refractivity contribution is 6.30. The molecule has 122 valence electrons. The SMILES string of the molecule is Cc1n[nH]c(C)c1C(=O)N1CCCCC(c2ccc(Cl)cc2)C1. The van der Waals surface area contributed by atoms with E-state index < -0.39 is 0 Å². The lowest BCUT2D eigenvalue weighted by Crippen LogP contribution is -2.34. The number of H-pyrrole nitrogens is 1. The number of aryl methyl sites for hydroxylation is 2. The van der Waals surface area contributed by atoms with Crippen molar-refractivity contribution in [2.75, 3.05) is 13.1 Å². The second-order valence-corrected chi connectivity index (χ2v) is 6.74. The van der Waals surface area contributed by atoms with Crippen LogP contribution in [0.15, 0.2) is 24.3 Å². The van der Waals surface area contributed by atoms with Crippen LogP contribution in [0.4, 0.5) is 0 Å². The van der Waals surface area contributed by atoms with E-state index in [1.165, 1.54) is 5.56 Å². The van der Waals surface area contributed by atoms with Gasteiger partial charge < -0.3 is 4.90 Å². The molecule has 0 bridgehead atoms. The number of amides is 1. The Kier molecular flexibility index (Phi) is 4.71. The predicted octanol–water partition coefficient (Wildman–Crippen LogP) is 4.09. The van der Waals surface area contributed by atoms with Crippen molar-refractivity contribution in [2.45, 2.75) is 39.0 Å². The number of aromatic amines is 1. The molecular formula is C18H22ClN3O. The third-order valence-electron chi connectivity index (χ3n) is 4.64. The summed E-state index contributed by atoms with van der Waals surface area (Å²) in [6.45, 7) is 5.35. The monoisotopic (exact) mass is 331 g/mol. The number of benzene rings is 1. The summed E-state index contributed by atoms with van der Waals surface area (Å²) in [5, 5.41) is 7.81. The third-order valence-corrected chi connectivity index (χ3v) is 4.89. The van der Waals surface area contributed by atoms with Crippen LogP contribution in [0.5, 0.6) is 0 Å². The van der Waals surface area contributed by atoms with Gasteiger partial charge in [-0.05, 0) is 44.4 Å². The van der Waals surface area contributed by atoms with Crippen LogP contribution in [0.3, 0.4) is 0 Å². The number of likely N-dealkylation sites (tertiary alicyclic amines) is 1. The molecule has 0 spiro atoms. The molecule has 23 heavy (non-hydrogen) atoms. The quantitative estimate of drug-likeness (QED) is 0.901. The minimum atomic E-state index is 0.0922. The van der Waals surface area contributed by atoms with E-state index in [0.717, 1.165) is 54.3 Å². The standard InChI is InChI=1S/C18H22ClN3O/c1-12-17(13(2)21-20-12)18(23)22-10-4-3-5-15(11-22)14-6-8-16(19)9-7-14/h6-9,15H,3-5,10-11H2,1-2H3,(H,20,21). The first-order valence-electron chi connectivity index (χ1n) is 8.12.